The van der Waals surface area contributed by atoms with Crippen molar-refractivity contribution in [2.75, 3.05) is 4.90 Å². The summed E-state index contributed by atoms with van der Waals surface area (Å²) in [5.41, 5.74) is 12.8. The third-order valence-electron chi connectivity index (χ3n) is 13.9. The van der Waals surface area contributed by atoms with Crippen LogP contribution in [0.3, 0.4) is 0 Å². The Bertz CT molecular complexity index is 3700. The molecule has 1 heteroatoms. The summed E-state index contributed by atoms with van der Waals surface area (Å²) in [6, 6.07) is 92.3. The molecule has 0 unspecified atom stereocenters. The molecule has 13 rings (SSSR count). The van der Waals surface area contributed by atoms with Gasteiger partial charge in [0.15, 0.2) is 0 Å². The second kappa shape index (κ2) is 14.4. The average Bonchev–Trinajstić information content (AvgIpc) is 3.67. The smallest absolute Gasteiger partial charge is 0.0714 e. The van der Waals surface area contributed by atoms with Crippen LogP contribution in [0, 0.1) is 0 Å². The summed E-state index contributed by atoms with van der Waals surface area (Å²) in [5.74, 6) is 0. The molecular weight excluding hydrogens is 771 g/mol. The summed E-state index contributed by atoms with van der Waals surface area (Å²) in [6.07, 6.45) is 0. The number of benzene rings is 12. The molecule has 12 aromatic rings. The molecule has 0 amide bonds. The van der Waals surface area contributed by atoms with Crippen LogP contribution >= 0.6 is 0 Å². The molecule has 64 heavy (non-hydrogen) atoms. The van der Waals surface area contributed by atoms with Crippen LogP contribution in [0.4, 0.5) is 17.1 Å². The number of hydrogen-bond donors (Lipinski definition) is 0. The van der Waals surface area contributed by atoms with Crippen molar-refractivity contribution in [2.45, 2.75) is 5.41 Å². The van der Waals surface area contributed by atoms with E-state index in [1.165, 1.54) is 98.4 Å². The fourth-order valence-electron chi connectivity index (χ4n) is 11.0. The summed E-state index contributed by atoms with van der Waals surface area (Å²) in [4.78, 5) is 2.46. The van der Waals surface area contributed by atoms with E-state index in [2.05, 4.69) is 254 Å². The van der Waals surface area contributed by atoms with Gasteiger partial charge in [-0.05, 0) is 141 Å². The van der Waals surface area contributed by atoms with Gasteiger partial charge in [0.1, 0.15) is 0 Å². The summed E-state index contributed by atoms with van der Waals surface area (Å²) in [5, 5.41) is 12.6. The fraction of sp³-hybridized carbons (Fsp3) is 0.0159. The van der Waals surface area contributed by atoms with Gasteiger partial charge in [0.05, 0.1) is 5.41 Å². The van der Waals surface area contributed by atoms with E-state index in [1.54, 1.807) is 0 Å². The number of rotatable bonds is 6. The molecule has 12 aromatic carbocycles. The van der Waals surface area contributed by atoms with Crippen LogP contribution in [0.1, 0.15) is 22.3 Å². The molecule has 0 atom stereocenters. The van der Waals surface area contributed by atoms with E-state index < -0.39 is 5.41 Å². The quantitative estimate of drug-likeness (QED) is 0.151. The zero-order chi connectivity index (χ0) is 42.2. The van der Waals surface area contributed by atoms with Crippen molar-refractivity contribution in [3.05, 3.63) is 271 Å². The molecule has 1 nitrogen and oxygen atoms in total. The Morgan fingerprint density at radius 2 is 0.719 bits per heavy atom. The van der Waals surface area contributed by atoms with Gasteiger partial charge in [0, 0.05) is 17.1 Å². The lowest BCUT2D eigenvalue weighted by Crippen LogP contribution is -2.28. The van der Waals surface area contributed by atoms with E-state index in [0.717, 1.165) is 17.1 Å². The van der Waals surface area contributed by atoms with E-state index in [0.29, 0.717) is 0 Å². The van der Waals surface area contributed by atoms with Crippen molar-refractivity contribution in [1.82, 2.24) is 0 Å². The molecule has 0 saturated heterocycles. The molecular formula is C63H41N. The van der Waals surface area contributed by atoms with Gasteiger partial charge in [-0.25, -0.2) is 0 Å². The maximum Gasteiger partial charge on any atom is 0.0714 e. The fourth-order valence-corrected chi connectivity index (χ4v) is 11.0. The van der Waals surface area contributed by atoms with Crippen molar-refractivity contribution in [3.63, 3.8) is 0 Å². The van der Waals surface area contributed by atoms with Gasteiger partial charge < -0.3 is 4.90 Å². The van der Waals surface area contributed by atoms with E-state index in [4.69, 9.17) is 0 Å². The first-order chi connectivity index (χ1) is 31.7. The predicted octanol–water partition coefficient (Wildman–Crippen LogP) is 17.0. The molecule has 0 N–H and O–H groups in total. The van der Waals surface area contributed by atoms with Gasteiger partial charge in [-0.2, -0.15) is 0 Å². The highest BCUT2D eigenvalue weighted by molar-refractivity contribution is 6.26. The highest BCUT2D eigenvalue weighted by Crippen LogP contribution is 2.57. The van der Waals surface area contributed by atoms with Crippen LogP contribution in [-0.2, 0) is 5.41 Å². The normalized spacial score (nSPS) is 12.8. The van der Waals surface area contributed by atoms with E-state index >= 15 is 0 Å². The van der Waals surface area contributed by atoms with Gasteiger partial charge in [-0.3, -0.25) is 0 Å². The lowest BCUT2D eigenvalue weighted by molar-refractivity contribution is 0.768. The molecule has 0 aliphatic heterocycles. The third kappa shape index (κ3) is 5.44. The van der Waals surface area contributed by atoms with Crippen LogP contribution in [0.15, 0.2) is 249 Å². The zero-order valence-electron chi connectivity index (χ0n) is 35.1. The molecule has 0 heterocycles. The lowest BCUT2D eigenvalue weighted by Gasteiger charge is -2.35. The Morgan fingerprint density at radius 1 is 0.250 bits per heavy atom. The third-order valence-corrected chi connectivity index (χ3v) is 13.9. The second-order valence-corrected chi connectivity index (χ2v) is 17.2. The second-order valence-electron chi connectivity index (χ2n) is 17.2. The maximum atomic E-state index is 2.47. The van der Waals surface area contributed by atoms with E-state index in [-0.39, 0.29) is 0 Å². The summed E-state index contributed by atoms with van der Waals surface area (Å²) >= 11 is 0. The molecule has 1 aliphatic rings. The van der Waals surface area contributed by atoms with Crippen molar-refractivity contribution >= 4 is 70.9 Å². The zero-order valence-corrected chi connectivity index (χ0v) is 35.1. The van der Waals surface area contributed by atoms with Crippen molar-refractivity contribution < 1.29 is 0 Å². The molecule has 0 radical (unpaired) electrons. The van der Waals surface area contributed by atoms with Crippen LogP contribution in [0.25, 0.3) is 76.1 Å². The standard InChI is InChI=1S/C63H41N/c1-3-16-46(17-4-1)63(47-18-5-2-6-19-47)61-26-14-13-25-57(61)58-38-36-50(41-62(58)63)64(49-35-37-56-54-23-10-9-21-52(54)53-22-11-12-24-55(53)60(56)40-49)48-33-31-42(32-34-48)45-30-29-44-28-27-43-15-7-8-20-51(43)59(44)39-45/h1-41H. The Labute approximate surface area is 372 Å². The first-order valence-electron chi connectivity index (χ1n) is 22.2. The van der Waals surface area contributed by atoms with E-state index in [1.807, 2.05) is 0 Å². The SMILES string of the molecule is c1ccc(C2(c3ccccc3)c3ccccc3-c3ccc(N(c4ccc(-c5ccc6ccc7ccccc7c6c5)cc4)c4ccc5c6ccccc6c6ccccc6c5c4)cc32)cc1. The van der Waals surface area contributed by atoms with E-state index in [9.17, 15) is 0 Å². The molecule has 0 saturated carbocycles. The average molecular weight is 812 g/mol. The maximum absolute atomic E-state index is 2.47. The number of anilines is 3. The first kappa shape index (κ1) is 36.4. The predicted molar refractivity (Wildman–Crippen MR) is 271 cm³/mol. The molecule has 0 fully saturated rings. The molecule has 1 aliphatic carbocycles. The van der Waals surface area contributed by atoms with Gasteiger partial charge in [0.25, 0.3) is 0 Å². The van der Waals surface area contributed by atoms with Crippen molar-refractivity contribution in [2.24, 2.45) is 0 Å². The highest BCUT2D eigenvalue weighted by atomic mass is 15.1. The van der Waals surface area contributed by atoms with Crippen molar-refractivity contribution in [3.8, 4) is 22.3 Å². The minimum Gasteiger partial charge on any atom is -0.310 e. The molecule has 0 spiro atoms. The van der Waals surface area contributed by atoms with Gasteiger partial charge in [-0.1, -0.05) is 206 Å². The summed E-state index contributed by atoms with van der Waals surface area (Å²) in [7, 11) is 0. The number of hydrogen-bond acceptors (Lipinski definition) is 1. The highest BCUT2D eigenvalue weighted by Gasteiger charge is 2.46. The minimum atomic E-state index is -0.515. The largest absolute Gasteiger partial charge is 0.310 e. The monoisotopic (exact) mass is 811 g/mol. The Morgan fingerprint density at radius 3 is 1.41 bits per heavy atom. The molecule has 298 valence electrons. The van der Waals surface area contributed by atoms with Crippen LogP contribution in [0.2, 0.25) is 0 Å². The Hall–Kier alpha value is -8.26. The minimum absolute atomic E-state index is 0.515. The summed E-state index contributed by atoms with van der Waals surface area (Å²) in [6.45, 7) is 0. The molecule has 0 aromatic heterocycles. The summed E-state index contributed by atoms with van der Waals surface area (Å²) < 4.78 is 0. The number of fused-ring (bicyclic) bond motifs is 12. The Balaban J connectivity index is 1.04. The van der Waals surface area contributed by atoms with Crippen LogP contribution in [-0.4, -0.2) is 0 Å². The van der Waals surface area contributed by atoms with Crippen molar-refractivity contribution in [1.29, 1.82) is 0 Å². The lowest BCUT2D eigenvalue weighted by atomic mass is 9.67. The van der Waals surface area contributed by atoms with Gasteiger partial charge in [0.2, 0.25) is 0 Å². The number of nitrogens with zero attached hydrogens (tertiary/aromatic N) is 1. The van der Waals surface area contributed by atoms with Gasteiger partial charge in [-0.15, -0.1) is 0 Å². The van der Waals surface area contributed by atoms with Crippen LogP contribution in [0.5, 0.6) is 0 Å². The topological polar surface area (TPSA) is 3.24 Å². The van der Waals surface area contributed by atoms with Gasteiger partial charge >= 0.3 is 0 Å². The Kier molecular flexibility index (Phi) is 8.20. The van der Waals surface area contributed by atoms with Crippen LogP contribution < -0.4 is 4.90 Å². The molecule has 0 bridgehead atoms. The first-order valence-corrected chi connectivity index (χ1v) is 22.2.